The summed E-state index contributed by atoms with van der Waals surface area (Å²) in [6, 6.07) is 0. The molecule has 0 aromatic rings. The molecule has 2 atom stereocenters. The molecule has 1 saturated heterocycles. The van der Waals surface area contributed by atoms with E-state index in [0.717, 1.165) is 31.6 Å². The Kier molecular flexibility index (Phi) is 5.07. The summed E-state index contributed by atoms with van der Waals surface area (Å²) in [6.45, 7) is 12.1. The Hall–Kier alpha value is -0.0800. The molecule has 0 aliphatic carbocycles. The lowest BCUT2D eigenvalue weighted by atomic mass is 9.87. The molecule has 0 aromatic heterocycles. The smallest absolute Gasteiger partial charge is 0.0496 e. The van der Waals surface area contributed by atoms with Gasteiger partial charge in [-0.15, -0.1) is 0 Å². The average Bonchev–Trinajstić information content (AvgIpc) is 2.17. The van der Waals surface area contributed by atoms with Gasteiger partial charge in [0.1, 0.15) is 0 Å². The number of hydrogen-bond donors (Lipinski definition) is 1. The van der Waals surface area contributed by atoms with Gasteiger partial charge in [0, 0.05) is 18.8 Å². The van der Waals surface area contributed by atoms with E-state index >= 15 is 0 Å². The third-order valence-corrected chi connectivity index (χ3v) is 3.26. The fraction of sp³-hybridized carbons (Fsp3) is 1.00. The van der Waals surface area contributed by atoms with Gasteiger partial charge in [-0.25, -0.2) is 0 Å². The van der Waals surface area contributed by atoms with Gasteiger partial charge in [0.2, 0.25) is 0 Å². The minimum Gasteiger partial charge on any atom is -0.381 e. The molecule has 1 aliphatic rings. The van der Waals surface area contributed by atoms with Gasteiger partial charge in [-0.2, -0.15) is 0 Å². The summed E-state index contributed by atoms with van der Waals surface area (Å²) in [5.41, 5.74) is 0.253. The summed E-state index contributed by atoms with van der Waals surface area (Å²) >= 11 is 0. The third kappa shape index (κ3) is 5.53. The highest BCUT2D eigenvalue weighted by Crippen LogP contribution is 2.24. The number of ether oxygens (including phenoxy) is 1. The van der Waals surface area contributed by atoms with Gasteiger partial charge in [0.05, 0.1) is 0 Å². The van der Waals surface area contributed by atoms with Crippen molar-refractivity contribution < 1.29 is 4.74 Å². The minimum absolute atomic E-state index is 0.253. The van der Waals surface area contributed by atoms with Crippen molar-refractivity contribution in [1.29, 1.82) is 0 Å². The standard InChI is InChI=1S/C13H27NO/c1-11(7-8-14-13(2,3)4)12-6-5-9-15-10-12/h11-12,14H,5-10H2,1-4H3. The van der Waals surface area contributed by atoms with Gasteiger partial charge in [-0.1, -0.05) is 6.92 Å². The largest absolute Gasteiger partial charge is 0.381 e. The summed E-state index contributed by atoms with van der Waals surface area (Å²) in [4.78, 5) is 0. The lowest BCUT2D eigenvalue weighted by Gasteiger charge is -2.29. The van der Waals surface area contributed by atoms with Crippen molar-refractivity contribution >= 4 is 0 Å². The quantitative estimate of drug-likeness (QED) is 0.775. The van der Waals surface area contributed by atoms with Crippen molar-refractivity contribution in [3.05, 3.63) is 0 Å². The average molecular weight is 213 g/mol. The number of nitrogens with one attached hydrogen (secondary N) is 1. The molecule has 1 rings (SSSR count). The lowest BCUT2D eigenvalue weighted by molar-refractivity contribution is 0.0322. The Bertz CT molecular complexity index is 168. The fourth-order valence-corrected chi connectivity index (χ4v) is 2.12. The van der Waals surface area contributed by atoms with E-state index in [1.807, 2.05) is 0 Å². The van der Waals surface area contributed by atoms with Gasteiger partial charge < -0.3 is 10.1 Å². The van der Waals surface area contributed by atoms with Crippen LogP contribution in [0.4, 0.5) is 0 Å². The molecule has 1 aliphatic heterocycles. The molecule has 2 unspecified atom stereocenters. The van der Waals surface area contributed by atoms with Crippen LogP contribution in [0.1, 0.15) is 47.0 Å². The van der Waals surface area contributed by atoms with Crippen molar-refractivity contribution in [1.82, 2.24) is 5.32 Å². The summed E-state index contributed by atoms with van der Waals surface area (Å²) in [6.07, 6.45) is 3.88. The molecule has 1 heterocycles. The maximum Gasteiger partial charge on any atom is 0.0496 e. The second-order valence-corrected chi connectivity index (χ2v) is 5.92. The van der Waals surface area contributed by atoms with E-state index in [9.17, 15) is 0 Å². The molecule has 0 saturated carbocycles. The minimum atomic E-state index is 0.253. The zero-order valence-corrected chi connectivity index (χ0v) is 10.8. The molecular weight excluding hydrogens is 186 g/mol. The zero-order valence-electron chi connectivity index (χ0n) is 10.8. The van der Waals surface area contributed by atoms with Crippen LogP contribution < -0.4 is 5.32 Å². The van der Waals surface area contributed by atoms with Gasteiger partial charge >= 0.3 is 0 Å². The van der Waals surface area contributed by atoms with Crippen LogP contribution in [0, 0.1) is 11.8 Å². The zero-order chi connectivity index (χ0) is 11.3. The van der Waals surface area contributed by atoms with Crippen LogP contribution in [0.2, 0.25) is 0 Å². The highest BCUT2D eigenvalue weighted by molar-refractivity contribution is 4.74. The van der Waals surface area contributed by atoms with E-state index in [1.165, 1.54) is 19.3 Å². The first-order valence-electron chi connectivity index (χ1n) is 6.32. The number of hydrogen-bond acceptors (Lipinski definition) is 2. The Morgan fingerprint density at radius 2 is 2.13 bits per heavy atom. The Balaban J connectivity index is 2.14. The predicted molar refractivity (Wildman–Crippen MR) is 65.1 cm³/mol. The molecule has 0 amide bonds. The van der Waals surface area contributed by atoms with Crippen molar-refractivity contribution in [3.8, 4) is 0 Å². The van der Waals surface area contributed by atoms with Gasteiger partial charge in [0.15, 0.2) is 0 Å². The predicted octanol–water partition coefficient (Wildman–Crippen LogP) is 2.83. The first-order valence-corrected chi connectivity index (χ1v) is 6.32. The van der Waals surface area contributed by atoms with Crippen molar-refractivity contribution in [3.63, 3.8) is 0 Å². The number of rotatable bonds is 4. The second-order valence-electron chi connectivity index (χ2n) is 5.92. The normalized spacial score (nSPS) is 25.2. The van der Waals surface area contributed by atoms with E-state index < -0.39 is 0 Å². The first-order chi connectivity index (χ1) is 6.99. The van der Waals surface area contributed by atoms with E-state index in [2.05, 4.69) is 33.0 Å². The molecule has 90 valence electrons. The van der Waals surface area contributed by atoms with Crippen LogP contribution >= 0.6 is 0 Å². The molecule has 1 N–H and O–H groups in total. The topological polar surface area (TPSA) is 21.3 Å². The van der Waals surface area contributed by atoms with E-state index in [0.29, 0.717) is 0 Å². The van der Waals surface area contributed by atoms with Gasteiger partial charge in [0.25, 0.3) is 0 Å². The second kappa shape index (κ2) is 5.86. The van der Waals surface area contributed by atoms with Gasteiger partial charge in [-0.3, -0.25) is 0 Å². The van der Waals surface area contributed by atoms with Crippen molar-refractivity contribution in [2.24, 2.45) is 11.8 Å². The fourth-order valence-electron chi connectivity index (χ4n) is 2.12. The summed E-state index contributed by atoms with van der Waals surface area (Å²) in [7, 11) is 0. The molecule has 2 nitrogen and oxygen atoms in total. The Labute approximate surface area is 94.8 Å². The van der Waals surface area contributed by atoms with E-state index in [1.54, 1.807) is 0 Å². The lowest BCUT2D eigenvalue weighted by Crippen LogP contribution is -2.37. The molecule has 15 heavy (non-hydrogen) atoms. The Morgan fingerprint density at radius 1 is 1.40 bits per heavy atom. The summed E-state index contributed by atoms with van der Waals surface area (Å²) < 4.78 is 5.53. The van der Waals surface area contributed by atoms with E-state index in [4.69, 9.17) is 4.74 Å². The maximum atomic E-state index is 5.53. The monoisotopic (exact) mass is 213 g/mol. The molecule has 0 aromatic carbocycles. The molecular formula is C13H27NO. The van der Waals surface area contributed by atoms with Gasteiger partial charge in [-0.05, 0) is 58.4 Å². The van der Waals surface area contributed by atoms with Crippen LogP contribution in [0.25, 0.3) is 0 Å². The molecule has 2 heteroatoms. The third-order valence-electron chi connectivity index (χ3n) is 3.26. The van der Waals surface area contributed by atoms with Crippen LogP contribution in [0.15, 0.2) is 0 Å². The van der Waals surface area contributed by atoms with Crippen LogP contribution in [-0.2, 0) is 4.74 Å². The molecule has 0 bridgehead atoms. The van der Waals surface area contributed by atoms with Crippen LogP contribution in [-0.4, -0.2) is 25.3 Å². The summed E-state index contributed by atoms with van der Waals surface area (Å²) in [5, 5.41) is 3.55. The van der Waals surface area contributed by atoms with Crippen LogP contribution in [0.3, 0.4) is 0 Å². The highest BCUT2D eigenvalue weighted by atomic mass is 16.5. The van der Waals surface area contributed by atoms with Crippen molar-refractivity contribution in [2.75, 3.05) is 19.8 Å². The molecule has 0 spiro atoms. The Morgan fingerprint density at radius 3 is 2.67 bits per heavy atom. The van der Waals surface area contributed by atoms with Crippen molar-refractivity contribution in [2.45, 2.75) is 52.5 Å². The van der Waals surface area contributed by atoms with E-state index in [-0.39, 0.29) is 5.54 Å². The van der Waals surface area contributed by atoms with Crippen LogP contribution in [0.5, 0.6) is 0 Å². The highest BCUT2D eigenvalue weighted by Gasteiger charge is 2.20. The molecule has 1 fully saturated rings. The maximum absolute atomic E-state index is 5.53. The molecule has 0 radical (unpaired) electrons. The first kappa shape index (κ1) is 13.0. The SMILES string of the molecule is CC(CCNC(C)(C)C)C1CCCOC1. The summed E-state index contributed by atoms with van der Waals surface area (Å²) in [5.74, 6) is 1.58.